The van der Waals surface area contributed by atoms with E-state index < -0.39 is 5.41 Å². The second-order valence-electron chi connectivity index (χ2n) is 17.7. The van der Waals surface area contributed by atoms with Crippen LogP contribution in [0.15, 0.2) is 243 Å². The van der Waals surface area contributed by atoms with E-state index in [1.54, 1.807) is 0 Å². The minimum atomic E-state index is -0.536. The zero-order valence-corrected chi connectivity index (χ0v) is 36.8. The van der Waals surface area contributed by atoms with Crippen molar-refractivity contribution >= 4 is 48.6 Å². The highest BCUT2D eigenvalue weighted by atomic mass is 32.1. The molecule has 0 fully saturated rings. The largest absolute Gasteiger partial charge is 0.310 e. The molecule has 2 aliphatic rings. The first-order valence-corrected chi connectivity index (χ1v) is 23.4. The van der Waals surface area contributed by atoms with Gasteiger partial charge in [0.05, 0.1) is 11.1 Å². The molecule has 1 aromatic heterocycles. The summed E-state index contributed by atoms with van der Waals surface area (Å²) in [4.78, 5) is 2.55. The van der Waals surface area contributed by atoms with Crippen molar-refractivity contribution in [2.24, 2.45) is 0 Å². The van der Waals surface area contributed by atoms with Crippen LogP contribution in [0.3, 0.4) is 0 Å². The Hall–Kier alpha value is -7.78. The first-order chi connectivity index (χ1) is 32.1. The van der Waals surface area contributed by atoms with E-state index in [-0.39, 0.29) is 5.41 Å². The minimum Gasteiger partial charge on any atom is -0.310 e. The van der Waals surface area contributed by atoms with E-state index in [9.17, 15) is 0 Å². The number of thiophene rings is 1. The first-order valence-electron chi connectivity index (χ1n) is 22.6. The molecule has 0 aliphatic heterocycles. The molecule has 11 aromatic rings. The normalized spacial score (nSPS) is 15.3. The molecule has 1 heterocycles. The van der Waals surface area contributed by atoms with Gasteiger partial charge >= 0.3 is 0 Å². The van der Waals surface area contributed by atoms with Crippen molar-refractivity contribution in [3.63, 3.8) is 0 Å². The number of hydrogen-bond acceptors (Lipinski definition) is 2. The second-order valence-corrected chi connectivity index (χ2v) is 18.7. The van der Waals surface area contributed by atoms with Crippen LogP contribution in [0.2, 0.25) is 0 Å². The van der Waals surface area contributed by atoms with Gasteiger partial charge in [-0.1, -0.05) is 206 Å². The van der Waals surface area contributed by atoms with Crippen molar-refractivity contribution in [3.8, 4) is 33.4 Å². The van der Waals surface area contributed by atoms with Gasteiger partial charge < -0.3 is 4.90 Å². The molecule has 1 nitrogen and oxygen atoms in total. The molecule has 0 spiro atoms. The van der Waals surface area contributed by atoms with Crippen LogP contribution in [0.4, 0.5) is 17.1 Å². The summed E-state index contributed by atoms with van der Waals surface area (Å²) in [7, 11) is 0. The maximum atomic E-state index is 2.55. The maximum absolute atomic E-state index is 2.55. The van der Waals surface area contributed by atoms with Crippen molar-refractivity contribution in [1.29, 1.82) is 0 Å². The lowest BCUT2D eigenvalue weighted by atomic mass is 9.67. The summed E-state index contributed by atoms with van der Waals surface area (Å²) in [6.07, 6.45) is 0. The molecular formula is C63H43NS. The Balaban J connectivity index is 1.10. The van der Waals surface area contributed by atoms with Crippen LogP contribution in [0.5, 0.6) is 0 Å². The Labute approximate surface area is 384 Å². The van der Waals surface area contributed by atoms with E-state index >= 15 is 0 Å². The fraction of sp³-hybridized carbons (Fsp3) is 0.0476. The van der Waals surface area contributed by atoms with Crippen LogP contribution in [-0.4, -0.2) is 0 Å². The van der Waals surface area contributed by atoms with Crippen LogP contribution in [0, 0.1) is 0 Å². The molecule has 2 heteroatoms. The van der Waals surface area contributed by atoms with E-state index in [1.807, 2.05) is 11.3 Å². The minimum absolute atomic E-state index is 0.344. The molecule has 0 amide bonds. The fourth-order valence-electron chi connectivity index (χ4n) is 11.6. The standard InChI is InChI=1S/C63H43NS/c1-62(43-21-5-2-6-22-43)54-33-14-12-30-53(54)60-56(62)35-19-36-58(60)64(46-27-17-20-42(40-46)48-31-18-32-52-51-29-13-16-37-59(51)65-61(48)52)47-38-39-50-49-28-11-15-34-55(49)63(57(50)41-47,44-23-7-3-8-24-44)45-25-9-4-10-26-45/h2-41H,1H3. The molecule has 1 unspecified atom stereocenters. The highest BCUT2D eigenvalue weighted by Gasteiger charge is 2.47. The van der Waals surface area contributed by atoms with Gasteiger partial charge in [0.15, 0.2) is 0 Å². The molecule has 2 aliphatic carbocycles. The lowest BCUT2D eigenvalue weighted by Crippen LogP contribution is -2.28. The predicted octanol–water partition coefficient (Wildman–Crippen LogP) is 16.9. The van der Waals surface area contributed by atoms with Gasteiger partial charge in [0.1, 0.15) is 0 Å². The summed E-state index contributed by atoms with van der Waals surface area (Å²) < 4.78 is 2.63. The van der Waals surface area contributed by atoms with Gasteiger partial charge in [-0.3, -0.25) is 0 Å². The van der Waals surface area contributed by atoms with Crippen LogP contribution >= 0.6 is 11.3 Å². The van der Waals surface area contributed by atoms with Crippen molar-refractivity contribution in [1.82, 2.24) is 0 Å². The summed E-state index contributed by atoms with van der Waals surface area (Å²) in [5, 5.41) is 2.62. The number of benzene rings is 10. The average molecular weight is 846 g/mol. The van der Waals surface area contributed by atoms with Crippen LogP contribution in [-0.2, 0) is 10.8 Å². The zero-order valence-electron chi connectivity index (χ0n) is 35.9. The number of rotatable bonds is 7. The number of nitrogens with zero attached hydrogens (tertiary/aromatic N) is 1. The van der Waals surface area contributed by atoms with Crippen LogP contribution in [0.25, 0.3) is 53.6 Å². The number of fused-ring (bicyclic) bond motifs is 9. The summed E-state index contributed by atoms with van der Waals surface area (Å²) in [5.41, 5.74) is 19.1. The lowest BCUT2D eigenvalue weighted by Gasteiger charge is -2.35. The Kier molecular flexibility index (Phi) is 8.50. The summed E-state index contributed by atoms with van der Waals surface area (Å²) in [5.74, 6) is 0. The van der Waals surface area contributed by atoms with Gasteiger partial charge in [0, 0.05) is 42.5 Å². The average Bonchev–Trinajstić information content (AvgIpc) is 4.00. The Morgan fingerprint density at radius 3 is 1.69 bits per heavy atom. The van der Waals surface area contributed by atoms with E-state index in [4.69, 9.17) is 0 Å². The first kappa shape index (κ1) is 37.7. The Morgan fingerprint density at radius 2 is 0.923 bits per heavy atom. The molecular weight excluding hydrogens is 803 g/mol. The van der Waals surface area contributed by atoms with E-state index in [0.29, 0.717) is 0 Å². The van der Waals surface area contributed by atoms with Gasteiger partial charge in [0.2, 0.25) is 0 Å². The Morgan fingerprint density at radius 1 is 0.369 bits per heavy atom. The quantitative estimate of drug-likeness (QED) is 0.154. The molecule has 65 heavy (non-hydrogen) atoms. The number of anilines is 3. The molecule has 0 radical (unpaired) electrons. The Bertz CT molecular complexity index is 3580. The van der Waals surface area contributed by atoms with Gasteiger partial charge in [-0.05, 0) is 110 Å². The van der Waals surface area contributed by atoms with E-state index in [0.717, 1.165) is 17.1 Å². The smallest absolute Gasteiger partial charge is 0.0714 e. The zero-order chi connectivity index (χ0) is 43.1. The SMILES string of the molecule is CC1(c2ccccc2)c2ccccc2-c2c(N(c3cccc(-c4cccc5c4sc4ccccc45)c3)c3ccc4c(c3)C(c3ccccc3)(c3ccccc3)c3ccccc3-4)cccc21. The predicted molar refractivity (Wildman–Crippen MR) is 274 cm³/mol. The molecule has 0 saturated carbocycles. The van der Waals surface area contributed by atoms with Crippen molar-refractivity contribution in [3.05, 3.63) is 282 Å². The molecule has 306 valence electrons. The maximum Gasteiger partial charge on any atom is 0.0714 e. The van der Waals surface area contributed by atoms with Gasteiger partial charge in [-0.25, -0.2) is 0 Å². The molecule has 1 atom stereocenters. The van der Waals surface area contributed by atoms with Crippen LogP contribution < -0.4 is 4.90 Å². The number of hydrogen-bond donors (Lipinski definition) is 0. The molecule has 10 aromatic carbocycles. The lowest BCUT2D eigenvalue weighted by molar-refractivity contribution is 0.714. The molecule has 13 rings (SSSR count). The summed E-state index contributed by atoms with van der Waals surface area (Å²) in [6.45, 7) is 2.41. The van der Waals surface area contributed by atoms with Gasteiger partial charge in [-0.15, -0.1) is 11.3 Å². The van der Waals surface area contributed by atoms with Crippen molar-refractivity contribution in [2.45, 2.75) is 17.8 Å². The van der Waals surface area contributed by atoms with Gasteiger partial charge in [-0.2, -0.15) is 0 Å². The van der Waals surface area contributed by atoms with Crippen LogP contribution in [0.1, 0.15) is 45.9 Å². The molecule has 0 bridgehead atoms. The van der Waals surface area contributed by atoms with Gasteiger partial charge in [0.25, 0.3) is 0 Å². The fourth-order valence-corrected chi connectivity index (χ4v) is 12.8. The molecule has 0 saturated heterocycles. The monoisotopic (exact) mass is 845 g/mol. The topological polar surface area (TPSA) is 3.24 Å². The van der Waals surface area contributed by atoms with E-state index in [2.05, 4.69) is 254 Å². The van der Waals surface area contributed by atoms with E-state index in [1.165, 1.54) is 92.5 Å². The molecule has 0 N–H and O–H groups in total. The third kappa shape index (κ3) is 5.45. The second kappa shape index (κ2) is 14.6. The highest BCUT2D eigenvalue weighted by Crippen LogP contribution is 2.60. The summed E-state index contributed by atoms with van der Waals surface area (Å²) in [6, 6.07) is 90.5. The third-order valence-corrected chi connectivity index (χ3v) is 15.6. The van der Waals surface area contributed by atoms with Crippen molar-refractivity contribution < 1.29 is 0 Å². The van der Waals surface area contributed by atoms with Crippen molar-refractivity contribution in [2.75, 3.05) is 4.90 Å². The highest BCUT2D eigenvalue weighted by molar-refractivity contribution is 7.26. The third-order valence-electron chi connectivity index (χ3n) is 14.4. The summed E-state index contributed by atoms with van der Waals surface area (Å²) >= 11 is 1.89.